The van der Waals surface area contributed by atoms with E-state index in [2.05, 4.69) is 5.32 Å². The maximum atomic E-state index is 12.3. The van der Waals surface area contributed by atoms with E-state index in [-0.39, 0.29) is 24.4 Å². The molecule has 2 saturated carbocycles. The van der Waals surface area contributed by atoms with Crippen LogP contribution in [0.15, 0.2) is 24.3 Å². The molecule has 7 nitrogen and oxygen atoms in total. The second kappa shape index (κ2) is 9.67. The van der Waals surface area contributed by atoms with E-state index in [0.29, 0.717) is 36.5 Å². The molecule has 1 N–H and O–H groups in total. The largest absolute Gasteiger partial charge is 0.462 e. The highest BCUT2D eigenvalue weighted by Crippen LogP contribution is 2.40. The molecule has 2 fully saturated rings. The van der Waals surface area contributed by atoms with Gasteiger partial charge in [0.1, 0.15) is 5.78 Å². The van der Waals surface area contributed by atoms with Crippen LogP contribution in [0, 0.1) is 17.8 Å². The molecule has 7 heteroatoms. The van der Waals surface area contributed by atoms with Gasteiger partial charge in [-0.1, -0.05) is 13.3 Å². The van der Waals surface area contributed by atoms with E-state index in [1.54, 1.807) is 24.3 Å². The molecule has 0 spiro atoms. The van der Waals surface area contributed by atoms with Gasteiger partial charge in [0.05, 0.1) is 18.1 Å². The Bertz CT molecular complexity index is 756. The Balaban J connectivity index is 1.44. The highest BCUT2D eigenvalue weighted by Gasteiger charge is 2.41. The number of ether oxygens (including phenoxy) is 2. The van der Waals surface area contributed by atoms with Crippen LogP contribution in [0.4, 0.5) is 5.69 Å². The maximum Gasteiger partial charge on any atom is 0.338 e. The first kappa shape index (κ1) is 21.0. The molecule has 3 rings (SSSR count). The van der Waals surface area contributed by atoms with Gasteiger partial charge in [-0.05, 0) is 56.4 Å². The third-order valence-corrected chi connectivity index (χ3v) is 5.57. The summed E-state index contributed by atoms with van der Waals surface area (Å²) in [7, 11) is 0. The lowest BCUT2D eigenvalue weighted by molar-refractivity contribution is -0.155. The Morgan fingerprint density at radius 3 is 2.31 bits per heavy atom. The average molecular weight is 401 g/mol. The Hall–Kier alpha value is -2.70. The molecule has 0 heterocycles. The minimum absolute atomic E-state index is 0.0311. The molecule has 29 heavy (non-hydrogen) atoms. The summed E-state index contributed by atoms with van der Waals surface area (Å²) in [5, 5.41) is 2.63. The first-order chi connectivity index (χ1) is 14.0. The van der Waals surface area contributed by atoms with Gasteiger partial charge in [-0.3, -0.25) is 14.4 Å². The molecule has 0 aromatic heterocycles. The van der Waals surface area contributed by atoms with Gasteiger partial charge in [-0.25, -0.2) is 4.79 Å². The summed E-state index contributed by atoms with van der Waals surface area (Å²) in [6.07, 6.45) is 4.55. The summed E-state index contributed by atoms with van der Waals surface area (Å²) >= 11 is 0. The second-order valence-electron chi connectivity index (χ2n) is 7.76. The lowest BCUT2D eigenvalue weighted by Crippen LogP contribution is -2.40. The topological polar surface area (TPSA) is 98.8 Å². The molecule has 2 bridgehead atoms. The predicted molar refractivity (Wildman–Crippen MR) is 105 cm³/mol. The van der Waals surface area contributed by atoms with E-state index in [9.17, 15) is 19.2 Å². The van der Waals surface area contributed by atoms with Gasteiger partial charge in [0.15, 0.2) is 6.61 Å². The Labute approximate surface area is 170 Å². The quantitative estimate of drug-likeness (QED) is 0.705. The molecule has 0 saturated heterocycles. The molecular formula is C22H27NO6. The summed E-state index contributed by atoms with van der Waals surface area (Å²) in [6.45, 7) is 1.90. The highest BCUT2D eigenvalue weighted by molar-refractivity contribution is 5.94. The number of amides is 1. The van der Waals surface area contributed by atoms with Crippen LogP contribution in [-0.4, -0.2) is 36.8 Å². The number of Topliss-reactive ketones (excluding diaryl/α,β-unsaturated/α-hetero) is 1. The number of hydrogen-bond acceptors (Lipinski definition) is 6. The van der Waals surface area contributed by atoms with E-state index >= 15 is 0 Å². The van der Waals surface area contributed by atoms with Crippen LogP contribution in [0.2, 0.25) is 0 Å². The molecule has 1 aromatic carbocycles. The fraction of sp³-hybridized carbons (Fsp3) is 0.545. The number of ketones is 1. The van der Waals surface area contributed by atoms with Gasteiger partial charge in [0.25, 0.3) is 5.91 Å². The number of anilines is 1. The summed E-state index contributed by atoms with van der Waals surface area (Å²) in [4.78, 5) is 48.3. The third-order valence-electron chi connectivity index (χ3n) is 5.57. The number of carbonyl (C=O) groups is 4. The number of hydrogen-bond donors (Lipinski definition) is 1. The predicted octanol–water partition coefficient (Wildman–Crippen LogP) is 3.13. The van der Waals surface area contributed by atoms with Crippen molar-refractivity contribution in [3.63, 3.8) is 0 Å². The van der Waals surface area contributed by atoms with Gasteiger partial charge in [-0.15, -0.1) is 0 Å². The van der Waals surface area contributed by atoms with Crippen molar-refractivity contribution in [1.29, 1.82) is 0 Å². The van der Waals surface area contributed by atoms with Crippen molar-refractivity contribution in [3.05, 3.63) is 29.8 Å². The molecule has 0 unspecified atom stereocenters. The standard InChI is InChI=1S/C22H27NO6/c1-2-10-28-21(26)14-6-8-18(9-7-14)23-19(24)13-29-22(27)17-11-15-4-3-5-16(12-17)20(15)25/h6-9,15-17H,2-5,10-13H2,1H3,(H,23,24)/t15-,16-/m0/s1. The number of carbonyl (C=O) groups excluding carboxylic acids is 4. The molecule has 1 amide bonds. The van der Waals surface area contributed by atoms with Crippen molar-refractivity contribution in [3.8, 4) is 0 Å². The third kappa shape index (κ3) is 5.43. The molecule has 2 aliphatic carbocycles. The van der Waals surface area contributed by atoms with Crippen LogP contribution in [-0.2, 0) is 23.9 Å². The zero-order valence-electron chi connectivity index (χ0n) is 16.6. The summed E-state index contributed by atoms with van der Waals surface area (Å²) in [5.74, 6) is -1.34. The molecule has 1 aromatic rings. The summed E-state index contributed by atoms with van der Waals surface area (Å²) in [6, 6.07) is 6.32. The van der Waals surface area contributed by atoms with Crippen LogP contribution in [0.3, 0.4) is 0 Å². The first-order valence-electron chi connectivity index (χ1n) is 10.2. The van der Waals surface area contributed by atoms with E-state index in [1.807, 2.05) is 6.92 Å². The molecule has 0 radical (unpaired) electrons. The van der Waals surface area contributed by atoms with Crippen molar-refractivity contribution in [2.24, 2.45) is 17.8 Å². The van der Waals surface area contributed by atoms with Crippen LogP contribution in [0.25, 0.3) is 0 Å². The minimum Gasteiger partial charge on any atom is -0.462 e. The molecule has 156 valence electrons. The molecular weight excluding hydrogens is 374 g/mol. The summed E-state index contributed by atoms with van der Waals surface area (Å²) in [5.41, 5.74) is 0.899. The lowest BCUT2D eigenvalue weighted by Gasteiger charge is -2.36. The second-order valence-corrected chi connectivity index (χ2v) is 7.76. The van der Waals surface area contributed by atoms with Gasteiger partial charge in [0, 0.05) is 17.5 Å². The Kier molecular flexibility index (Phi) is 7.01. The molecule has 2 atom stereocenters. The molecule has 2 aliphatic rings. The van der Waals surface area contributed by atoms with Crippen molar-refractivity contribution in [2.75, 3.05) is 18.5 Å². The highest BCUT2D eigenvalue weighted by atomic mass is 16.5. The number of rotatable bonds is 7. The fourth-order valence-electron chi connectivity index (χ4n) is 4.09. The van der Waals surface area contributed by atoms with E-state index in [1.165, 1.54) is 0 Å². The minimum atomic E-state index is -0.452. The van der Waals surface area contributed by atoms with Gasteiger partial charge < -0.3 is 14.8 Å². The normalized spacial score (nSPS) is 23.2. The van der Waals surface area contributed by atoms with Crippen LogP contribution < -0.4 is 5.32 Å². The SMILES string of the molecule is CCCOC(=O)c1ccc(NC(=O)COC(=O)C2C[C@@H]3CCC[C@@H](C2)C3=O)cc1. The van der Waals surface area contributed by atoms with Gasteiger partial charge >= 0.3 is 11.9 Å². The lowest BCUT2D eigenvalue weighted by atomic mass is 9.67. The van der Waals surface area contributed by atoms with Crippen molar-refractivity contribution in [1.82, 2.24) is 0 Å². The molecule has 0 aliphatic heterocycles. The van der Waals surface area contributed by atoms with Crippen LogP contribution in [0.5, 0.6) is 0 Å². The van der Waals surface area contributed by atoms with Crippen LogP contribution >= 0.6 is 0 Å². The van der Waals surface area contributed by atoms with Gasteiger partial charge in [-0.2, -0.15) is 0 Å². The average Bonchev–Trinajstić information content (AvgIpc) is 2.70. The monoisotopic (exact) mass is 401 g/mol. The van der Waals surface area contributed by atoms with Crippen molar-refractivity contribution in [2.45, 2.75) is 45.4 Å². The van der Waals surface area contributed by atoms with E-state index in [0.717, 1.165) is 25.7 Å². The zero-order chi connectivity index (χ0) is 20.8. The van der Waals surface area contributed by atoms with E-state index in [4.69, 9.17) is 9.47 Å². The number of fused-ring (bicyclic) bond motifs is 2. The maximum absolute atomic E-state index is 12.3. The number of benzene rings is 1. The first-order valence-corrected chi connectivity index (χ1v) is 10.2. The number of nitrogens with one attached hydrogen (secondary N) is 1. The zero-order valence-corrected chi connectivity index (χ0v) is 16.6. The van der Waals surface area contributed by atoms with E-state index < -0.39 is 17.8 Å². The smallest absolute Gasteiger partial charge is 0.338 e. The van der Waals surface area contributed by atoms with Gasteiger partial charge in [0.2, 0.25) is 0 Å². The Morgan fingerprint density at radius 2 is 1.69 bits per heavy atom. The van der Waals surface area contributed by atoms with Crippen molar-refractivity contribution < 1.29 is 28.7 Å². The summed E-state index contributed by atoms with van der Waals surface area (Å²) < 4.78 is 10.2. The van der Waals surface area contributed by atoms with Crippen molar-refractivity contribution >= 4 is 29.3 Å². The van der Waals surface area contributed by atoms with Crippen LogP contribution in [0.1, 0.15) is 55.8 Å². The fourth-order valence-corrected chi connectivity index (χ4v) is 4.09. The number of esters is 2. The Morgan fingerprint density at radius 1 is 1.03 bits per heavy atom.